The minimum atomic E-state index is 0.148. The van der Waals surface area contributed by atoms with Crippen LogP contribution in [0.25, 0.3) is 0 Å². The number of hydrogen-bond acceptors (Lipinski definition) is 3. The first-order valence-corrected chi connectivity index (χ1v) is 5.85. The Balaban J connectivity index is 2.44. The molecule has 0 aliphatic carbocycles. The Hall–Kier alpha value is 0.270. The molecule has 0 spiro atoms. The zero-order chi connectivity index (χ0) is 8.86. The van der Waals surface area contributed by atoms with E-state index in [-0.39, 0.29) is 5.60 Å². The summed E-state index contributed by atoms with van der Waals surface area (Å²) in [4.78, 5) is 0. The van der Waals surface area contributed by atoms with Crippen LogP contribution >= 0.6 is 11.8 Å². The van der Waals surface area contributed by atoms with Crippen LogP contribution in [0, 0.1) is 0 Å². The van der Waals surface area contributed by atoms with Gasteiger partial charge < -0.3 is 10.1 Å². The van der Waals surface area contributed by atoms with Gasteiger partial charge in [-0.1, -0.05) is 0 Å². The lowest BCUT2D eigenvalue weighted by Gasteiger charge is -2.36. The van der Waals surface area contributed by atoms with Crippen LogP contribution in [0.5, 0.6) is 0 Å². The maximum Gasteiger partial charge on any atom is 0.0821 e. The van der Waals surface area contributed by atoms with Crippen LogP contribution in [0.2, 0.25) is 0 Å². The third-order valence-corrected chi connectivity index (χ3v) is 3.34. The predicted octanol–water partition coefficient (Wildman–Crippen LogP) is 1.51. The molecule has 3 heteroatoms. The zero-order valence-electron chi connectivity index (χ0n) is 8.06. The topological polar surface area (TPSA) is 21.3 Å². The molecule has 1 fully saturated rings. The first kappa shape index (κ1) is 10.4. The lowest BCUT2D eigenvalue weighted by atomic mass is 9.96. The largest absolute Gasteiger partial charge is 0.374 e. The van der Waals surface area contributed by atoms with Crippen molar-refractivity contribution in [1.82, 2.24) is 5.32 Å². The zero-order valence-corrected chi connectivity index (χ0v) is 8.88. The van der Waals surface area contributed by atoms with Crippen molar-refractivity contribution in [2.24, 2.45) is 0 Å². The molecule has 0 aromatic rings. The van der Waals surface area contributed by atoms with Gasteiger partial charge in [0.25, 0.3) is 0 Å². The number of nitrogens with one attached hydrogen (secondary N) is 1. The highest BCUT2D eigenvalue weighted by atomic mass is 32.2. The second kappa shape index (κ2) is 5.10. The molecule has 72 valence electrons. The fourth-order valence-electron chi connectivity index (χ4n) is 1.74. The molecule has 0 aromatic carbocycles. The molecule has 0 radical (unpaired) electrons. The number of rotatable bonds is 4. The van der Waals surface area contributed by atoms with Gasteiger partial charge in [0.05, 0.1) is 5.60 Å². The minimum Gasteiger partial charge on any atom is -0.374 e. The molecule has 0 aromatic heterocycles. The molecule has 0 bridgehead atoms. The highest BCUT2D eigenvalue weighted by Gasteiger charge is 2.31. The van der Waals surface area contributed by atoms with Gasteiger partial charge in [-0.15, -0.1) is 0 Å². The van der Waals surface area contributed by atoms with Crippen LogP contribution in [0.15, 0.2) is 0 Å². The lowest BCUT2D eigenvalue weighted by Crippen LogP contribution is -2.45. The Bertz CT molecular complexity index is 108. The van der Waals surface area contributed by atoms with Gasteiger partial charge in [-0.3, -0.25) is 0 Å². The van der Waals surface area contributed by atoms with Crippen molar-refractivity contribution in [3.63, 3.8) is 0 Å². The summed E-state index contributed by atoms with van der Waals surface area (Å²) in [7, 11) is 2.00. The van der Waals surface area contributed by atoms with Gasteiger partial charge in [0.15, 0.2) is 0 Å². The smallest absolute Gasteiger partial charge is 0.0821 e. The summed E-state index contributed by atoms with van der Waals surface area (Å²) in [5.41, 5.74) is 0.148. The summed E-state index contributed by atoms with van der Waals surface area (Å²) in [5, 5.41) is 3.23. The average molecular weight is 189 g/mol. The molecule has 0 saturated carbocycles. The molecule has 1 aliphatic rings. The Morgan fingerprint density at radius 2 is 2.08 bits per heavy atom. The summed E-state index contributed by atoms with van der Waals surface area (Å²) in [5.74, 6) is 2.50. The monoisotopic (exact) mass is 189 g/mol. The van der Waals surface area contributed by atoms with Gasteiger partial charge in [-0.25, -0.2) is 0 Å². The van der Waals surface area contributed by atoms with E-state index in [0.717, 1.165) is 13.2 Å². The van der Waals surface area contributed by atoms with Crippen LogP contribution in [0.4, 0.5) is 0 Å². The van der Waals surface area contributed by atoms with E-state index in [1.54, 1.807) is 0 Å². The highest BCUT2D eigenvalue weighted by Crippen LogP contribution is 2.29. The van der Waals surface area contributed by atoms with Crippen LogP contribution in [-0.4, -0.2) is 37.3 Å². The predicted molar refractivity (Wildman–Crippen MR) is 54.8 cm³/mol. The summed E-state index contributed by atoms with van der Waals surface area (Å²) in [6.45, 7) is 3.92. The fraction of sp³-hybridized carbons (Fsp3) is 1.00. The van der Waals surface area contributed by atoms with Gasteiger partial charge >= 0.3 is 0 Å². The summed E-state index contributed by atoms with van der Waals surface area (Å²) in [6.07, 6.45) is 2.40. The number of hydrogen-bond donors (Lipinski definition) is 1. The first-order chi connectivity index (χ1) is 5.83. The molecule has 0 amide bonds. The number of thioether (sulfide) groups is 1. The van der Waals surface area contributed by atoms with E-state index < -0.39 is 0 Å². The SMILES string of the molecule is CCOC1(CNC)CCSCC1. The number of ether oxygens (including phenoxy) is 1. The molecule has 1 rings (SSSR count). The van der Waals surface area contributed by atoms with Gasteiger partial charge in [0.2, 0.25) is 0 Å². The van der Waals surface area contributed by atoms with Crippen molar-refractivity contribution in [2.75, 3.05) is 31.7 Å². The summed E-state index contributed by atoms with van der Waals surface area (Å²) in [6, 6.07) is 0. The fourth-order valence-corrected chi connectivity index (χ4v) is 2.98. The molecule has 0 unspecified atom stereocenters. The molecule has 1 N–H and O–H groups in total. The first-order valence-electron chi connectivity index (χ1n) is 4.69. The van der Waals surface area contributed by atoms with E-state index in [0.29, 0.717) is 0 Å². The van der Waals surface area contributed by atoms with Crippen molar-refractivity contribution in [3.8, 4) is 0 Å². The van der Waals surface area contributed by atoms with Crippen molar-refractivity contribution in [2.45, 2.75) is 25.4 Å². The Labute approximate surface area is 79.4 Å². The Morgan fingerprint density at radius 3 is 2.58 bits per heavy atom. The van der Waals surface area contributed by atoms with E-state index in [1.165, 1.54) is 24.3 Å². The molecular formula is C9H19NOS. The second-order valence-corrected chi connectivity index (χ2v) is 4.48. The molecule has 1 saturated heterocycles. The van der Waals surface area contributed by atoms with Gasteiger partial charge in [0.1, 0.15) is 0 Å². The van der Waals surface area contributed by atoms with Crippen LogP contribution in [-0.2, 0) is 4.74 Å². The molecule has 2 nitrogen and oxygen atoms in total. The van der Waals surface area contributed by atoms with Crippen LogP contribution in [0.3, 0.4) is 0 Å². The standard InChI is InChI=1S/C9H19NOS/c1-3-11-9(8-10-2)4-6-12-7-5-9/h10H,3-8H2,1-2H3. The van der Waals surface area contributed by atoms with Gasteiger partial charge in [-0.05, 0) is 38.3 Å². The molecule has 0 atom stereocenters. The van der Waals surface area contributed by atoms with Gasteiger partial charge in [-0.2, -0.15) is 11.8 Å². The van der Waals surface area contributed by atoms with Crippen molar-refractivity contribution in [1.29, 1.82) is 0 Å². The van der Waals surface area contributed by atoms with Crippen LogP contribution < -0.4 is 5.32 Å². The molecule has 12 heavy (non-hydrogen) atoms. The average Bonchev–Trinajstić information content (AvgIpc) is 2.07. The third kappa shape index (κ3) is 2.64. The van der Waals surface area contributed by atoms with Crippen LogP contribution in [0.1, 0.15) is 19.8 Å². The van der Waals surface area contributed by atoms with Crippen molar-refractivity contribution in [3.05, 3.63) is 0 Å². The Kier molecular flexibility index (Phi) is 4.40. The third-order valence-electron chi connectivity index (χ3n) is 2.35. The van der Waals surface area contributed by atoms with Gasteiger partial charge in [0, 0.05) is 13.2 Å². The Morgan fingerprint density at radius 1 is 1.42 bits per heavy atom. The normalized spacial score (nSPS) is 22.5. The van der Waals surface area contributed by atoms with Crippen molar-refractivity contribution >= 4 is 11.8 Å². The van der Waals surface area contributed by atoms with E-state index in [9.17, 15) is 0 Å². The maximum atomic E-state index is 5.84. The lowest BCUT2D eigenvalue weighted by molar-refractivity contribution is -0.0426. The molecule has 1 aliphatic heterocycles. The second-order valence-electron chi connectivity index (χ2n) is 3.26. The van der Waals surface area contributed by atoms with E-state index in [2.05, 4.69) is 12.2 Å². The van der Waals surface area contributed by atoms with E-state index in [4.69, 9.17) is 4.74 Å². The molecule has 1 heterocycles. The maximum absolute atomic E-state index is 5.84. The van der Waals surface area contributed by atoms with E-state index in [1.807, 2.05) is 18.8 Å². The highest BCUT2D eigenvalue weighted by molar-refractivity contribution is 7.99. The minimum absolute atomic E-state index is 0.148. The molecular weight excluding hydrogens is 170 g/mol. The summed E-state index contributed by atoms with van der Waals surface area (Å²) >= 11 is 2.04. The van der Waals surface area contributed by atoms with Crippen molar-refractivity contribution < 1.29 is 4.74 Å². The quantitative estimate of drug-likeness (QED) is 0.724. The van der Waals surface area contributed by atoms with E-state index >= 15 is 0 Å². The number of likely N-dealkylation sites (N-methyl/N-ethyl adjacent to an activating group) is 1. The summed E-state index contributed by atoms with van der Waals surface area (Å²) < 4.78 is 5.84.